The van der Waals surface area contributed by atoms with Crippen LogP contribution in [-0.4, -0.2) is 34.8 Å². The number of aryl methyl sites for hydroxylation is 1. The molecule has 6 heteroatoms. The van der Waals surface area contributed by atoms with Gasteiger partial charge in [-0.05, 0) is 51.0 Å². The number of amides is 1. The summed E-state index contributed by atoms with van der Waals surface area (Å²) in [7, 11) is 0. The Bertz CT molecular complexity index is 761. The monoisotopic (exact) mass is 372 g/mol. The van der Waals surface area contributed by atoms with Gasteiger partial charge in [0.2, 0.25) is 0 Å². The molecule has 0 saturated heterocycles. The highest BCUT2D eigenvalue weighted by Crippen LogP contribution is 2.19. The lowest BCUT2D eigenvalue weighted by atomic mass is 10.1. The molecule has 1 amide bonds. The number of benzene rings is 1. The smallest absolute Gasteiger partial charge is 0.255 e. The van der Waals surface area contributed by atoms with Crippen molar-refractivity contribution in [3.05, 3.63) is 47.0 Å². The minimum Gasteiger partial charge on any atom is -0.351 e. The Morgan fingerprint density at radius 1 is 1.11 bits per heavy atom. The standard InChI is InChI=1S/C21H29FN4O/c1-15-20(16(2)26(25-15)19-11-9-17(22)10-12-19)21(27)24-14-13-23-18-7-5-3-4-6-8-18/h9-12,18,23H,3-8,13-14H2,1-2H3,(H,24,27). The zero-order valence-corrected chi connectivity index (χ0v) is 16.2. The maximum absolute atomic E-state index is 13.1. The summed E-state index contributed by atoms with van der Waals surface area (Å²) >= 11 is 0. The van der Waals surface area contributed by atoms with E-state index in [1.54, 1.807) is 16.8 Å². The lowest BCUT2D eigenvalue weighted by molar-refractivity contribution is 0.0952. The molecule has 1 aromatic heterocycles. The fraction of sp³-hybridized carbons (Fsp3) is 0.524. The van der Waals surface area contributed by atoms with E-state index in [9.17, 15) is 9.18 Å². The van der Waals surface area contributed by atoms with Gasteiger partial charge in [0.1, 0.15) is 5.82 Å². The SMILES string of the molecule is Cc1nn(-c2ccc(F)cc2)c(C)c1C(=O)NCCNC1CCCCCC1. The fourth-order valence-electron chi connectivity index (χ4n) is 3.83. The van der Waals surface area contributed by atoms with Crippen LogP contribution < -0.4 is 10.6 Å². The molecule has 1 heterocycles. The summed E-state index contributed by atoms with van der Waals surface area (Å²) in [6, 6.07) is 6.68. The molecule has 1 aromatic carbocycles. The second-order valence-corrected chi connectivity index (χ2v) is 7.33. The quantitative estimate of drug-likeness (QED) is 0.601. The van der Waals surface area contributed by atoms with Gasteiger partial charge in [-0.3, -0.25) is 4.79 Å². The summed E-state index contributed by atoms with van der Waals surface area (Å²) in [5, 5.41) is 11.0. The van der Waals surface area contributed by atoms with Crippen LogP contribution in [0.1, 0.15) is 60.3 Å². The van der Waals surface area contributed by atoms with Gasteiger partial charge in [-0.2, -0.15) is 5.10 Å². The van der Waals surface area contributed by atoms with E-state index in [-0.39, 0.29) is 11.7 Å². The summed E-state index contributed by atoms with van der Waals surface area (Å²) in [6.45, 7) is 5.06. The summed E-state index contributed by atoms with van der Waals surface area (Å²) in [6.07, 6.45) is 7.74. The van der Waals surface area contributed by atoms with Gasteiger partial charge >= 0.3 is 0 Å². The third kappa shape index (κ3) is 4.95. The Hall–Kier alpha value is -2.21. The number of aromatic nitrogens is 2. The molecule has 2 N–H and O–H groups in total. The van der Waals surface area contributed by atoms with Crippen molar-refractivity contribution in [3.8, 4) is 5.69 Å². The van der Waals surface area contributed by atoms with Crippen molar-refractivity contribution in [2.45, 2.75) is 58.4 Å². The first-order chi connectivity index (χ1) is 13.1. The molecule has 1 saturated carbocycles. The Balaban J connectivity index is 1.57. The number of nitrogens with zero attached hydrogens (tertiary/aromatic N) is 2. The van der Waals surface area contributed by atoms with Gasteiger partial charge in [-0.15, -0.1) is 0 Å². The first-order valence-corrected chi connectivity index (χ1v) is 9.90. The summed E-state index contributed by atoms with van der Waals surface area (Å²) in [4.78, 5) is 12.6. The van der Waals surface area contributed by atoms with Gasteiger partial charge in [0, 0.05) is 19.1 Å². The van der Waals surface area contributed by atoms with Crippen LogP contribution in [0.2, 0.25) is 0 Å². The normalized spacial score (nSPS) is 15.5. The Kier molecular flexibility index (Phi) is 6.61. The number of hydrogen-bond donors (Lipinski definition) is 2. The average Bonchev–Trinajstić information content (AvgIpc) is 2.82. The molecule has 0 spiro atoms. The average molecular weight is 372 g/mol. The molecular weight excluding hydrogens is 343 g/mol. The van der Waals surface area contributed by atoms with Crippen molar-refractivity contribution in [2.75, 3.05) is 13.1 Å². The highest BCUT2D eigenvalue weighted by Gasteiger charge is 2.19. The van der Waals surface area contributed by atoms with Gasteiger partial charge in [-0.1, -0.05) is 25.7 Å². The minimum absolute atomic E-state index is 0.110. The molecule has 146 valence electrons. The first kappa shape index (κ1) is 19.5. The Labute approximate surface area is 160 Å². The van der Waals surface area contributed by atoms with Gasteiger partial charge < -0.3 is 10.6 Å². The molecule has 1 aliphatic rings. The van der Waals surface area contributed by atoms with E-state index < -0.39 is 0 Å². The van der Waals surface area contributed by atoms with E-state index in [0.717, 1.165) is 17.9 Å². The summed E-state index contributed by atoms with van der Waals surface area (Å²) < 4.78 is 14.8. The highest BCUT2D eigenvalue weighted by atomic mass is 19.1. The third-order valence-electron chi connectivity index (χ3n) is 5.29. The predicted molar refractivity (Wildman–Crippen MR) is 105 cm³/mol. The van der Waals surface area contributed by atoms with Crippen molar-refractivity contribution >= 4 is 5.91 Å². The number of rotatable bonds is 6. The molecule has 5 nitrogen and oxygen atoms in total. The molecule has 3 rings (SSSR count). The number of nitrogens with one attached hydrogen (secondary N) is 2. The zero-order chi connectivity index (χ0) is 19.2. The van der Waals surface area contributed by atoms with Crippen LogP contribution in [0.3, 0.4) is 0 Å². The first-order valence-electron chi connectivity index (χ1n) is 9.90. The van der Waals surface area contributed by atoms with Crippen LogP contribution in [0, 0.1) is 19.7 Å². The van der Waals surface area contributed by atoms with Crippen molar-refractivity contribution in [2.24, 2.45) is 0 Å². The van der Waals surface area contributed by atoms with Crippen molar-refractivity contribution in [1.82, 2.24) is 20.4 Å². The maximum Gasteiger partial charge on any atom is 0.255 e. The largest absolute Gasteiger partial charge is 0.351 e. The molecule has 27 heavy (non-hydrogen) atoms. The summed E-state index contributed by atoms with van der Waals surface area (Å²) in [5.41, 5.74) is 2.76. The fourth-order valence-corrected chi connectivity index (χ4v) is 3.83. The van der Waals surface area contributed by atoms with E-state index >= 15 is 0 Å². The van der Waals surface area contributed by atoms with Crippen LogP contribution in [0.5, 0.6) is 0 Å². The van der Waals surface area contributed by atoms with E-state index in [4.69, 9.17) is 0 Å². The van der Waals surface area contributed by atoms with Crippen molar-refractivity contribution < 1.29 is 9.18 Å². The van der Waals surface area contributed by atoms with E-state index in [1.165, 1.54) is 50.7 Å². The molecule has 0 aliphatic heterocycles. The van der Waals surface area contributed by atoms with Crippen LogP contribution in [0.4, 0.5) is 4.39 Å². The topological polar surface area (TPSA) is 59.0 Å². The molecular formula is C21H29FN4O. The maximum atomic E-state index is 13.1. The molecule has 1 fully saturated rings. The summed E-state index contributed by atoms with van der Waals surface area (Å²) in [5.74, 6) is -0.402. The van der Waals surface area contributed by atoms with E-state index in [1.807, 2.05) is 13.8 Å². The Morgan fingerprint density at radius 3 is 2.44 bits per heavy atom. The van der Waals surface area contributed by atoms with Gasteiger partial charge in [0.15, 0.2) is 0 Å². The van der Waals surface area contributed by atoms with Gasteiger partial charge in [-0.25, -0.2) is 9.07 Å². The lowest BCUT2D eigenvalue weighted by Gasteiger charge is -2.16. The molecule has 1 aliphatic carbocycles. The van der Waals surface area contributed by atoms with Gasteiger partial charge in [0.05, 0.1) is 22.6 Å². The second-order valence-electron chi connectivity index (χ2n) is 7.33. The number of carbonyl (C=O) groups is 1. The molecule has 2 aromatic rings. The number of carbonyl (C=O) groups excluding carboxylic acids is 1. The van der Waals surface area contributed by atoms with E-state index in [2.05, 4.69) is 15.7 Å². The third-order valence-corrected chi connectivity index (χ3v) is 5.29. The highest BCUT2D eigenvalue weighted by molar-refractivity contribution is 5.96. The molecule has 0 unspecified atom stereocenters. The van der Waals surface area contributed by atoms with Crippen LogP contribution in [-0.2, 0) is 0 Å². The second kappa shape index (κ2) is 9.13. The predicted octanol–water partition coefficient (Wildman–Crippen LogP) is 3.67. The number of hydrogen-bond acceptors (Lipinski definition) is 3. The van der Waals surface area contributed by atoms with Crippen LogP contribution in [0.15, 0.2) is 24.3 Å². The van der Waals surface area contributed by atoms with Crippen LogP contribution in [0.25, 0.3) is 5.69 Å². The van der Waals surface area contributed by atoms with E-state index in [0.29, 0.717) is 23.8 Å². The van der Waals surface area contributed by atoms with Crippen molar-refractivity contribution in [3.63, 3.8) is 0 Å². The molecule has 0 bridgehead atoms. The minimum atomic E-state index is -0.292. The van der Waals surface area contributed by atoms with Gasteiger partial charge in [0.25, 0.3) is 5.91 Å². The van der Waals surface area contributed by atoms with Crippen molar-refractivity contribution in [1.29, 1.82) is 0 Å². The number of halogens is 1. The lowest BCUT2D eigenvalue weighted by Crippen LogP contribution is -2.37. The zero-order valence-electron chi connectivity index (χ0n) is 16.2. The Morgan fingerprint density at radius 2 is 1.78 bits per heavy atom. The molecule has 0 radical (unpaired) electrons. The van der Waals surface area contributed by atoms with Crippen LogP contribution >= 0.6 is 0 Å². The molecule has 0 atom stereocenters.